The summed E-state index contributed by atoms with van der Waals surface area (Å²) in [6.45, 7) is 0.0521. The maximum absolute atomic E-state index is 9.40. The summed E-state index contributed by atoms with van der Waals surface area (Å²) >= 11 is 19.8. The van der Waals surface area contributed by atoms with Crippen LogP contribution < -0.4 is 0 Å². The predicted molar refractivity (Wildman–Crippen MR) is 94.8 cm³/mol. The molecule has 0 bridgehead atoms. The molecule has 2 heterocycles. The Morgan fingerprint density at radius 3 is 1.62 bits per heavy atom. The highest BCUT2D eigenvalue weighted by Gasteiger charge is 1.97. The molecule has 0 fully saturated rings. The Balaban J connectivity index is 0.000000296. The first-order valence-corrected chi connectivity index (χ1v) is 11.0. The van der Waals surface area contributed by atoms with Crippen LogP contribution in [-0.2, 0) is 21.5 Å². The maximum Gasteiger partial charge on any atom is 0.229 e. The lowest BCUT2D eigenvalue weighted by Gasteiger charge is -1.85. The molecule has 2 aromatic rings. The van der Waals surface area contributed by atoms with E-state index in [-0.39, 0.29) is 6.61 Å². The number of aliphatic hydroxyl groups is 1. The third kappa shape index (κ3) is 11.7. The van der Waals surface area contributed by atoms with Crippen molar-refractivity contribution in [1.82, 2.24) is 0 Å². The maximum atomic E-state index is 9.40. The smallest absolute Gasteiger partial charge is 0.229 e. The van der Waals surface area contributed by atoms with Gasteiger partial charge in [-0.3, -0.25) is 0 Å². The molecule has 2 rings (SSSR count). The van der Waals surface area contributed by atoms with Crippen LogP contribution in [0.3, 0.4) is 0 Å². The topological polar surface area (TPSA) is 54.4 Å². The van der Waals surface area contributed by atoms with Gasteiger partial charge >= 0.3 is 0 Å². The fourth-order valence-corrected chi connectivity index (χ4v) is 3.16. The molecule has 3 nitrogen and oxygen atoms in total. The number of aliphatic hydroxyl groups excluding tert-OH is 1. The molecular weight excluding hydrogens is 418 g/mol. The Hall–Kier alpha value is 0.470. The molecule has 0 spiro atoms. The van der Waals surface area contributed by atoms with Gasteiger partial charge in [0.1, 0.15) is 0 Å². The number of hydrogen-bond acceptors (Lipinski definition) is 5. The minimum Gasteiger partial charge on any atom is -0.391 e. The molecule has 21 heavy (non-hydrogen) atoms. The lowest BCUT2D eigenvalue weighted by atomic mass is 10.5. The molecule has 0 radical (unpaired) electrons. The highest BCUT2D eigenvalue weighted by atomic mass is 35.7. The zero-order chi connectivity index (χ0) is 16.5. The van der Waals surface area contributed by atoms with E-state index in [0.29, 0.717) is 10.9 Å². The van der Waals surface area contributed by atoms with Gasteiger partial charge in [0, 0.05) is 20.4 Å². The quantitative estimate of drug-likeness (QED) is 0.525. The second-order valence-electron chi connectivity index (χ2n) is 3.36. The van der Waals surface area contributed by atoms with Crippen molar-refractivity contribution < 1.29 is 13.5 Å². The molecule has 0 aromatic carbocycles. The van der Waals surface area contributed by atoms with Crippen LogP contribution in [0.15, 0.2) is 22.9 Å². The molecule has 1 N–H and O–H groups in total. The number of rotatable bonds is 2. The fraction of sp³-hybridized carbons (Fsp3) is 0.273. The van der Waals surface area contributed by atoms with Crippen molar-refractivity contribution >= 4 is 77.2 Å². The molecule has 0 aliphatic rings. The van der Waals surface area contributed by atoms with Crippen LogP contribution in [-0.4, -0.2) is 19.8 Å². The lowest BCUT2D eigenvalue weighted by Crippen LogP contribution is -1.76. The Kier molecular flexibility index (Phi) is 11.3. The molecule has 10 heteroatoms. The zero-order valence-electron chi connectivity index (χ0n) is 10.7. The van der Waals surface area contributed by atoms with E-state index in [4.69, 9.17) is 39.9 Å². The molecular formula is C11H12Cl4O3S3. The zero-order valence-corrected chi connectivity index (χ0v) is 16.2. The summed E-state index contributed by atoms with van der Waals surface area (Å²) in [6.07, 6.45) is 0.925. The molecule has 120 valence electrons. The Morgan fingerprint density at radius 2 is 1.48 bits per heavy atom. The summed E-state index contributed by atoms with van der Waals surface area (Å²) in [5.41, 5.74) is 0. The molecule has 0 amide bonds. The third-order valence-electron chi connectivity index (χ3n) is 1.65. The highest BCUT2D eigenvalue weighted by Crippen LogP contribution is 2.23. The van der Waals surface area contributed by atoms with Crippen LogP contribution >= 0.6 is 68.2 Å². The number of hydrogen-bond donors (Lipinski definition) is 1. The molecule has 0 aliphatic heterocycles. The average molecular weight is 430 g/mol. The van der Waals surface area contributed by atoms with Crippen molar-refractivity contribution in [3.05, 3.63) is 42.7 Å². The van der Waals surface area contributed by atoms with Crippen LogP contribution in [0.4, 0.5) is 0 Å². The van der Waals surface area contributed by atoms with Crippen molar-refractivity contribution in [3.63, 3.8) is 0 Å². The summed E-state index contributed by atoms with van der Waals surface area (Å²) < 4.78 is 18.8. The van der Waals surface area contributed by atoms with Gasteiger partial charge < -0.3 is 5.11 Å². The van der Waals surface area contributed by atoms with Crippen molar-refractivity contribution in [1.29, 1.82) is 0 Å². The van der Waals surface area contributed by atoms with Crippen LogP contribution in [0.1, 0.15) is 9.75 Å². The van der Waals surface area contributed by atoms with Crippen LogP contribution in [0, 0.1) is 0 Å². The first kappa shape index (κ1) is 21.5. The molecule has 0 atom stereocenters. The van der Waals surface area contributed by atoms with Gasteiger partial charge in [0.05, 0.1) is 28.8 Å². The average Bonchev–Trinajstić information content (AvgIpc) is 2.96. The minimum absolute atomic E-state index is 0.0521. The van der Waals surface area contributed by atoms with Crippen LogP contribution in [0.5, 0.6) is 0 Å². The second kappa shape index (κ2) is 11.1. The van der Waals surface area contributed by atoms with E-state index < -0.39 is 9.05 Å². The first-order valence-electron chi connectivity index (χ1n) is 5.19. The van der Waals surface area contributed by atoms with Crippen molar-refractivity contribution in [2.45, 2.75) is 12.5 Å². The Bertz CT molecular complexity index is 574. The van der Waals surface area contributed by atoms with Gasteiger partial charge in [-0.15, -0.1) is 34.3 Å². The van der Waals surface area contributed by atoms with Gasteiger partial charge in [-0.25, -0.2) is 8.42 Å². The van der Waals surface area contributed by atoms with E-state index in [1.165, 1.54) is 11.3 Å². The summed E-state index contributed by atoms with van der Waals surface area (Å²) in [5, 5.41) is 13.8. The lowest BCUT2D eigenvalue weighted by molar-refractivity contribution is 0.285. The SMILES string of the molecule is CS(=O)(=O)Cl.ClCc1sccc1Cl.OCc1sccc1Cl. The van der Waals surface area contributed by atoms with Crippen LogP contribution in [0.2, 0.25) is 10.0 Å². The summed E-state index contributed by atoms with van der Waals surface area (Å²) in [7, 11) is 1.31. The molecule has 0 saturated heterocycles. The normalized spacial score (nSPS) is 10.2. The van der Waals surface area contributed by atoms with Gasteiger partial charge in [-0.05, 0) is 22.9 Å². The molecule has 0 unspecified atom stereocenters. The van der Waals surface area contributed by atoms with E-state index in [1.54, 1.807) is 17.4 Å². The largest absolute Gasteiger partial charge is 0.391 e. The Morgan fingerprint density at radius 1 is 1.10 bits per heavy atom. The summed E-state index contributed by atoms with van der Waals surface area (Å²) in [5.74, 6) is 0.524. The van der Waals surface area contributed by atoms with Crippen LogP contribution in [0.25, 0.3) is 0 Å². The van der Waals surface area contributed by atoms with E-state index in [9.17, 15) is 8.42 Å². The van der Waals surface area contributed by atoms with Crippen molar-refractivity contribution in [2.75, 3.05) is 6.26 Å². The van der Waals surface area contributed by atoms with E-state index in [0.717, 1.165) is 21.0 Å². The van der Waals surface area contributed by atoms with Crippen molar-refractivity contribution in [3.8, 4) is 0 Å². The second-order valence-corrected chi connectivity index (χ2v) is 9.48. The van der Waals surface area contributed by atoms with E-state index in [2.05, 4.69) is 10.7 Å². The minimum atomic E-state index is -3.19. The number of halogens is 4. The van der Waals surface area contributed by atoms with Gasteiger partial charge in [-0.1, -0.05) is 23.2 Å². The standard InChI is InChI=1S/C5H4Cl2S.C5H5ClOS.CH3ClO2S/c6-3-5-4(7)1-2-8-5;6-4-1-2-8-5(4)3-7;1-5(2,3)4/h1-2H,3H2;1-2,7H,3H2;1H3. The molecule has 2 aromatic heterocycles. The highest BCUT2D eigenvalue weighted by molar-refractivity contribution is 8.13. The van der Waals surface area contributed by atoms with Gasteiger partial charge in [0.15, 0.2) is 0 Å². The van der Waals surface area contributed by atoms with Gasteiger partial charge in [0.25, 0.3) is 0 Å². The third-order valence-corrected chi connectivity index (χ3v) is 4.83. The monoisotopic (exact) mass is 428 g/mol. The Labute approximate surface area is 151 Å². The summed E-state index contributed by atoms with van der Waals surface area (Å²) in [4.78, 5) is 1.89. The first-order chi connectivity index (χ1) is 9.69. The van der Waals surface area contributed by atoms with Gasteiger partial charge in [-0.2, -0.15) is 0 Å². The van der Waals surface area contributed by atoms with Gasteiger partial charge in [0.2, 0.25) is 9.05 Å². The molecule has 0 aliphatic carbocycles. The fourth-order valence-electron chi connectivity index (χ4n) is 0.858. The summed E-state index contributed by atoms with van der Waals surface area (Å²) in [6, 6.07) is 3.63. The van der Waals surface area contributed by atoms with Crippen molar-refractivity contribution in [2.24, 2.45) is 0 Å². The van der Waals surface area contributed by atoms with E-state index >= 15 is 0 Å². The molecule has 0 saturated carbocycles. The number of thiophene rings is 2. The number of alkyl halides is 1. The predicted octanol–water partition coefficient (Wildman–Crippen LogP) is 5.22. The van der Waals surface area contributed by atoms with E-state index in [1.807, 2.05) is 16.8 Å².